The fraction of sp³-hybridized carbons (Fsp3) is 0.133. The number of aryl methyl sites for hydroxylation is 1. The van der Waals surface area contributed by atoms with Crippen LogP contribution in [0, 0.1) is 18.6 Å². The average Bonchev–Trinajstić information content (AvgIpc) is 2.37. The van der Waals surface area contributed by atoms with Gasteiger partial charge in [0.2, 0.25) is 0 Å². The van der Waals surface area contributed by atoms with E-state index < -0.39 is 11.6 Å². The average molecular weight is 281 g/mol. The van der Waals surface area contributed by atoms with Crippen molar-refractivity contribution >= 4 is 17.4 Å². The molecule has 2 aromatic rings. The number of ketones is 1. The second-order valence-corrected chi connectivity index (χ2v) is 4.72. The lowest BCUT2D eigenvalue weighted by Gasteiger charge is -2.04. The number of carbonyl (C=O) groups is 1. The van der Waals surface area contributed by atoms with Crippen LogP contribution in [0.1, 0.15) is 21.5 Å². The summed E-state index contributed by atoms with van der Waals surface area (Å²) in [5.74, 6) is -2.03. The maximum atomic E-state index is 13.0. The van der Waals surface area contributed by atoms with Crippen molar-refractivity contribution in [2.45, 2.75) is 13.3 Å². The molecule has 0 aliphatic carbocycles. The zero-order valence-corrected chi connectivity index (χ0v) is 11.0. The molecule has 1 nitrogen and oxygen atoms in total. The molecule has 0 N–H and O–H groups in total. The maximum Gasteiger partial charge on any atom is 0.167 e. The van der Waals surface area contributed by atoms with Crippen LogP contribution in [-0.4, -0.2) is 5.78 Å². The van der Waals surface area contributed by atoms with Gasteiger partial charge in [-0.1, -0.05) is 17.7 Å². The van der Waals surface area contributed by atoms with Gasteiger partial charge in [-0.3, -0.25) is 4.79 Å². The molecule has 0 heterocycles. The van der Waals surface area contributed by atoms with E-state index in [0.29, 0.717) is 16.1 Å². The molecular weight excluding hydrogens is 270 g/mol. The smallest absolute Gasteiger partial charge is 0.167 e. The first-order valence-corrected chi connectivity index (χ1v) is 6.08. The molecule has 0 radical (unpaired) electrons. The van der Waals surface area contributed by atoms with Gasteiger partial charge in [0.05, 0.1) is 0 Å². The molecular formula is C15H11ClF2O. The van der Waals surface area contributed by atoms with E-state index in [2.05, 4.69) is 0 Å². The Morgan fingerprint density at radius 3 is 2.47 bits per heavy atom. The van der Waals surface area contributed by atoms with Crippen molar-refractivity contribution in [3.05, 3.63) is 69.7 Å². The van der Waals surface area contributed by atoms with Gasteiger partial charge in [-0.2, -0.15) is 0 Å². The van der Waals surface area contributed by atoms with Crippen LogP contribution in [0.2, 0.25) is 5.02 Å². The third-order valence-electron chi connectivity index (χ3n) is 2.83. The van der Waals surface area contributed by atoms with Gasteiger partial charge in [0, 0.05) is 17.0 Å². The van der Waals surface area contributed by atoms with Crippen molar-refractivity contribution in [1.82, 2.24) is 0 Å². The first-order valence-electron chi connectivity index (χ1n) is 5.70. The van der Waals surface area contributed by atoms with E-state index in [1.54, 1.807) is 25.1 Å². The summed E-state index contributed by atoms with van der Waals surface area (Å²) in [6.07, 6.45) is 0.0261. The molecule has 0 saturated carbocycles. The van der Waals surface area contributed by atoms with Crippen LogP contribution >= 0.6 is 11.6 Å². The Morgan fingerprint density at radius 2 is 1.84 bits per heavy atom. The number of carbonyl (C=O) groups excluding carboxylic acids is 1. The van der Waals surface area contributed by atoms with E-state index in [-0.39, 0.29) is 12.2 Å². The number of Topliss-reactive ketones (excluding diaryl/α,β-unsaturated/α-hetero) is 1. The highest BCUT2D eigenvalue weighted by molar-refractivity contribution is 6.31. The van der Waals surface area contributed by atoms with Gasteiger partial charge in [-0.25, -0.2) is 8.78 Å². The highest BCUT2D eigenvalue weighted by Crippen LogP contribution is 2.18. The predicted octanol–water partition coefficient (Wildman–Crippen LogP) is 4.35. The third kappa shape index (κ3) is 3.18. The molecule has 4 heteroatoms. The Kier molecular flexibility index (Phi) is 3.96. The fourth-order valence-corrected chi connectivity index (χ4v) is 1.87. The highest BCUT2D eigenvalue weighted by atomic mass is 35.5. The van der Waals surface area contributed by atoms with Crippen molar-refractivity contribution in [2.75, 3.05) is 0 Å². The molecule has 98 valence electrons. The molecule has 0 bridgehead atoms. The number of rotatable bonds is 3. The molecule has 19 heavy (non-hydrogen) atoms. The van der Waals surface area contributed by atoms with Crippen LogP contribution in [0.5, 0.6) is 0 Å². The van der Waals surface area contributed by atoms with Crippen molar-refractivity contribution in [3.8, 4) is 0 Å². The standard InChI is InChI=1S/C15H11ClF2O/c1-9-6-11(3-4-12(9)16)15(19)8-10-2-5-13(17)14(18)7-10/h2-7H,8H2,1H3. The minimum absolute atomic E-state index is 0.0261. The summed E-state index contributed by atoms with van der Waals surface area (Å²) in [7, 11) is 0. The van der Waals surface area contributed by atoms with E-state index in [0.717, 1.165) is 17.7 Å². The molecule has 2 rings (SSSR count). The topological polar surface area (TPSA) is 17.1 Å². The zero-order valence-electron chi connectivity index (χ0n) is 10.2. The Hall–Kier alpha value is -1.74. The summed E-state index contributed by atoms with van der Waals surface area (Å²) in [5, 5.41) is 0.587. The van der Waals surface area contributed by atoms with Crippen molar-refractivity contribution in [1.29, 1.82) is 0 Å². The summed E-state index contributed by atoms with van der Waals surface area (Å²) < 4.78 is 25.8. The molecule has 0 atom stereocenters. The van der Waals surface area contributed by atoms with Crippen LogP contribution in [0.4, 0.5) is 8.78 Å². The van der Waals surface area contributed by atoms with Gasteiger partial charge in [-0.05, 0) is 48.4 Å². The summed E-state index contributed by atoms with van der Waals surface area (Å²) in [5.41, 5.74) is 1.75. The van der Waals surface area contributed by atoms with Crippen LogP contribution in [0.25, 0.3) is 0 Å². The Labute approximate surface area is 114 Å². The second kappa shape index (κ2) is 5.49. The molecule has 0 amide bonds. The number of halogens is 3. The Balaban J connectivity index is 2.20. The molecule has 0 aromatic heterocycles. The lowest BCUT2D eigenvalue weighted by Crippen LogP contribution is -2.04. The maximum absolute atomic E-state index is 13.0. The van der Waals surface area contributed by atoms with Crippen LogP contribution in [0.3, 0.4) is 0 Å². The number of hydrogen-bond acceptors (Lipinski definition) is 1. The largest absolute Gasteiger partial charge is 0.294 e. The number of hydrogen-bond donors (Lipinski definition) is 0. The molecule has 0 aliphatic heterocycles. The van der Waals surface area contributed by atoms with Crippen LogP contribution in [0.15, 0.2) is 36.4 Å². The highest BCUT2D eigenvalue weighted by Gasteiger charge is 2.10. The Morgan fingerprint density at radius 1 is 1.11 bits per heavy atom. The SMILES string of the molecule is Cc1cc(C(=O)Cc2ccc(F)c(F)c2)ccc1Cl. The minimum Gasteiger partial charge on any atom is -0.294 e. The molecule has 0 fully saturated rings. The van der Waals surface area contributed by atoms with Gasteiger partial charge >= 0.3 is 0 Å². The molecule has 0 spiro atoms. The van der Waals surface area contributed by atoms with Gasteiger partial charge < -0.3 is 0 Å². The summed E-state index contributed by atoms with van der Waals surface area (Å²) in [6.45, 7) is 1.80. The van der Waals surface area contributed by atoms with E-state index in [4.69, 9.17) is 11.6 Å². The molecule has 0 aliphatic rings. The van der Waals surface area contributed by atoms with E-state index >= 15 is 0 Å². The van der Waals surface area contributed by atoms with Gasteiger partial charge in [0.1, 0.15) is 0 Å². The summed E-state index contributed by atoms with van der Waals surface area (Å²) in [4.78, 5) is 12.0. The van der Waals surface area contributed by atoms with E-state index in [1.165, 1.54) is 6.07 Å². The fourth-order valence-electron chi connectivity index (χ4n) is 1.76. The van der Waals surface area contributed by atoms with E-state index in [1.807, 2.05) is 0 Å². The minimum atomic E-state index is -0.947. The van der Waals surface area contributed by atoms with Gasteiger partial charge in [0.25, 0.3) is 0 Å². The summed E-state index contributed by atoms with van der Waals surface area (Å²) >= 11 is 5.88. The number of benzene rings is 2. The van der Waals surface area contributed by atoms with Gasteiger partial charge in [0.15, 0.2) is 17.4 Å². The molecule has 0 unspecified atom stereocenters. The van der Waals surface area contributed by atoms with Crippen LogP contribution in [-0.2, 0) is 6.42 Å². The first kappa shape index (κ1) is 13.7. The second-order valence-electron chi connectivity index (χ2n) is 4.31. The van der Waals surface area contributed by atoms with Gasteiger partial charge in [-0.15, -0.1) is 0 Å². The predicted molar refractivity (Wildman–Crippen MR) is 70.6 cm³/mol. The van der Waals surface area contributed by atoms with Crippen LogP contribution < -0.4 is 0 Å². The lowest BCUT2D eigenvalue weighted by molar-refractivity contribution is 0.0993. The Bertz CT molecular complexity index is 638. The van der Waals surface area contributed by atoms with Crippen molar-refractivity contribution in [3.63, 3.8) is 0 Å². The summed E-state index contributed by atoms with van der Waals surface area (Å²) in [6, 6.07) is 8.41. The zero-order chi connectivity index (χ0) is 14.0. The van der Waals surface area contributed by atoms with E-state index in [9.17, 15) is 13.6 Å². The first-order chi connectivity index (χ1) is 8.97. The monoisotopic (exact) mass is 280 g/mol. The molecule has 0 saturated heterocycles. The molecule has 2 aromatic carbocycles. The normalized spacial score (nSPS) is 10.5. The lowest BCUT2D eigenvalue weighted by atomic mass is 10.0. The third-order valence-corrected chi connectivity index (χ3v) is 3.25. The van der Waals surface area contributed by atoms with Crippen molar-refractivity contribution < 1.29 is 13.6 Å². The van der Waals surface area contributed by atoms with Crippen molar-refractivity contribution in [2.24, 2.45) is 0 Å². The quantitative estimate of drug-likeness (QED) is 0.764.